The summed E-state index contributed by atoms with van der Waals surface area (Å²) in [5, 5.41) is 10.3. The van der Waals surface area contributed by atoms with Gasteiger partial charge in [0.1, 0.15) is 0 Å². The topological polar surface area (TPSA) is 4.93 Å². The van der Waals surface area contributed by atoms with E-state index in [2.05, 4.69) is 156 Å². The molecule has 0 saturated carbocycles. The predicted molar refractivity (Wildman–Crippen MR) is 175 cm³/mol. The molecule has 1 heterocycles. The minimum atomic E-state index is 1.18. The van der Waals surface area contributed by atoms with E-state index in [1.54, 1.807) is 0 Å². The lowest BCUT2D eigenvalue weighted by atomic mass is 9.90. The van der Waals surface area contributed by atoms with Gasteiger partial charge in [0.25, 0.3) is 0 Å². The molecule has 1 aromatic heterocycles. The summed E-state index contributed by atoms with van der Waals surface area (Å²) in [4.78, 5) is 0. The van der Waals surface area contributed by atoms with Gasteiger partial charge >= 0.3 is 0 Å². The van der Waals surface area contributed by atoms with Crippen molar-refractivity contribution in [3.8, 4) is 27.9 Å². The van der Waals surface area contributed by atoms with Crippen molar-refractivity contribution in [3.05, 3.63) is 152 Å². The van der Waals surface area contributed by atoms with Gasteiger partial charge in [-0.25, -0.2) is 0 Å². The van der Waals surface area contributed by atoms with Gasteiger partial charge in [0.05, 0.1) is 11.0 Å². The number of benzene rings is 8. The van der Waals surface area contributed by atoms with E-state index in [0.717, 1.165) is 0 Å². The molecular weight excluding hydrogens is 494 g/mol. The molecule has 0 fully saturated rings. The Kier molecular flexibility index (Phi) is 4.67. The molecule has 0 aliphatic heterocycles. The van der Waals surface area contributed by atoms with Gasteiger partial charge in [0.2, 0.25) is 0 Å². The van der Waals surface area contributed by atoms with Crippen LogP contribution in [0.3, 0.4) is 0 Å². The third-order valence-electron chi connectivity index (χ3n) is 8.73. The molecule has 9 rings (SSSR count). The van der Waals surface area contributed by atoms with Crippen LogP contribution in [0.1, 0.15) is 0 Å². The Labute approximate surface area is 237 Å². The maximum absolute atomic E-state index is 2.43. The van der Waals surface area contributed by atoms with Gasteiger partial charge in [0.15, 0.2) is 0 Å². The van der Waals surface area contributed by atoms with E-state index in [9.17, 15) is 0 Å². The van der Waals surface area contributed by atoms with Crippen LogP contribution in [0.25, 0.3) is 82.1 Å². The number of fused-ring (bicyclic) bond motifs is 2. The molecule has 9 aromatic rings. The van der Waals surface area contributed by atoms with Crippen LogP contribution in [0.15, 0.2) is 152 Å². The number of aromatic nitrogens is 1. The third kappa shape index (κ3) is 3.30. The smallest absolute Gasteiger partial charge is 0.0547 e. The van der Waals surface area contributed by atoms with Crippen molar-refractivity contribution in [2.45, 2.75) is 0 Å². The summed E-state index contributed by atoms with van der Waals surface area (Å²) in [7, 11) is 0. The lowest BCUT2D eigenvalue weighted by Gasteiger charge is -2.12. The quantitative estimate of drug-likeness (QED) is 0.205. The second-order valence-corrected chi connectivity index (χ2v) is 11.0. The van der Waals surface area contributed by atoms with Crippen LogP contribution in [0, 0.1) is 0 Å². The van der Waals surface area contributed by atoms with Gasteiger partial charge in [0, 0.05) is 16.5 Å². The van der Waals surface area contributed by atoms with Crippen molar-refractivity contribution < 1.29 is 0 Å². The number of hydrogen-bond acceptors (Lipinski definition) is 0. The second-order valence-electron chi connectivity index (χ2n) is 11.0. The molecule has 41 heavy (non-hydrogen) atoms. The van der Waals surface area contributed by atoms with Crippen molar-refractivity contribution in [1.29, 1.82) is 0 Å². The highest BCUT2D eigenvalue weighted by Gasteiger charge is 2.21. The highest BCUT2D eigenvalue weighted by atomic mass is 15.0. The SMILES string of the molecule is c1ccc(-n2c3ccc(-c4ccc5ccccc5c4)c4ccc5c(-c6ccc7ccccc7c6)ccc2c5c43)cc1. The van der Waals surface area contributed by atoms with Gasteiger partial charge in [-0.1, -0.05) is 115 Å². The average molecular weight is 520 g/mol. The Morgan fingerprint density at radius 3 is 1.32 bits per heavy atom. The Morgan fingerprint density at radius 1 is 0.341 bits per heavy atom. The minimum Gasteiger partial charge on any atom is -0.309 e. The van der Waals surface area contributed by atoms with Crippen molar-refractivity contribution in [2.24, 2.45) is 0 Å². The molecule has 0 bridgehead atoms. The Bertz CT molecular complexity index is 2260. The molecule has 0 N–H and O–H groups in total. The first-order valence-corrected chi connectivity index (χ1v) is 14.2. The Morgan fingerprint density at radius 2 is 0.805 bits per heavy atom. The van der Waals surface area contributed by atoms with Gasteiger partial charge in [-0.05, 0) is 91.0 Å². The molecule has 8 aromatic carbocycles. The number of rotatable bonds is 3. The van der Waals surface area contributed by atoms with Gasteiger partial charge < -0.3 is 4.57 Å². The third-order valence-corrected chi connectivity index (χ3v) is 8.73. The van der Waals surface area contributed by atoms with Crippen LogP contribution in [-0.2, 0) is 0 Å². The van der Waals surface area contributed by atoms with Crippen molar-refractivity contribution in [2.75, 3.05) is 0 Å². The lowest BCUT2D eigenvalue weighted by molar-refractivity contribution is 1.18. The summed E-state index contributed by atoms with van der Waals surface area (Å²) in [6, 6.07) is 55.5. The molecule has 1 nitrogen and oxygen atoms in total. The van der Waals surface area contributed by atoms with Crippen LogP contribution in [0.2, 0.25) is 0 Å². The van der Waals surface area contributed by atoms with Crippen molar-refractivity contribution >= 4 is 54.1 Å². The monoisotopic (exact) mass is 519 g/mol. The fourth-order valence-corrected chi connectivity index (χ4v) is 6.83. The molecule has 190 valence electrons. The number of para-hydroxylation sites is 1. The number of hydrogen-bond donors (Lipinski definition) is 0. The minimum absolute atomic E-state index is 1.18. The highest BCUT2D eigenvalue weighted by Crippen LogP contribution is 2.45. The first-order valence-electron chi connectivity index (χ1n) is 14.2. The molecule has 1 heteroatoms. The van der Waals surface area contributed by atoms with Crippen LogP contribution < -0.4 is 0 Å². The van der Waals surface area contributed by atoms with E-state index in [4.69, 9.17) is 0 Å². The maximum Gasteiger partial charge on any atom is 0.0547 e. The van der Waals surface area contributed by atoms with E-state index >= 15 is 0 Å². The van der Waals surface area contributed by atoms with Crippen molar-refractivity contribution in [3.63, 3.8) is 0 Å². The standard InChI is InChI=1S/C40H25N/c1-2-12-32(13-3-1)41-37-22-20-33(30-16-14-26-8-4-6-10-28(26)24-30)35-18-19-36-34(21-23-38(41)40(36)39(35)37)31-17-15-27-9-5-7-11-29(27)25-31/h1-25H. The molecule has 0 saturated heterocycles. The average Bonchev–Trinajstić information content (AvgIpc) is 3.39. The molecule has 0 aliphatic carbocycles. The van der Waals surface area contributed by atoms with E-state index in [1.165, 1.54) is 82.1 Å². The molecule has 0 aliphatic rings. The number of nitrogens with zero attached hydrogens (tertiary/aromatic N) is 1. The van der Waals surface area contributed by atoms with E-state index in [1.807, 2.05) is 0 Å². The summed E-state index contributed by atoms with van der Waals surface area (Å²) >= 11 is 0. The van der Waals surface area contributed by atoms with Crippen molar-refractivity contribution in [1.82, 2.24) is 4.57 Å². The first-order chi connectivity index (χ1) is 20.3. The van der Waals surface area contributed by atoms with E-state index in [0.29, 0.717) is 0 Å². The first kappa shape index (κ1) is 22.4. The zero-order valence-electron chi connectivity index (χ0n) is 22.4. The second kappa shape index (κ2) is 8.55. The maximum atomic E-state index is 2.43. The summed E-state index contributed by atoms with van der Waals surface area (Å²) in [5.74, 6) is 0. The lowest BCUT2D eigenvalue weighted by Crippen LogP contribution is -1.93. The zero-order chi connectivity index (χ0) is 26.9. The molecule has 0 radical (unpaired) electrons. The molecule has 0 amide bonds. The van der Waals surface area contributed by atoms with Gasteiger partial charge in [-0.2, -0.15) is 0 Å². The highest BCUT2D eigenvalue weighted by molar-refractivity contribution is 6.28. The summed E-state index contributed by atoms with van der Waals surface area (Å²) in [6.45, 7) is 0. The van der Waals surface area contributed by atoms with Crippen LogP contribution in [0.5, 0.6) is 0 Å². The summed E-state index contributed by atoms with van der Waals surface area (Å²) in [5.41, 5.74) is 8.71. The predicted octanol–water partition coefficient (Wildman–Crippen LogP) is 11.0. The molecule has 0 spiro atoms. The fourth-order valence-electron chi connectivity index (χ4n) is 6.83. The normalized spacial score (nSPS) is 11.9. The van der Waals surface area contributed by atoms with Gasteiger partial charge in [-0.3, -0.25) is 0 Å². The zero-order valence-corrected chi connectivity index (χ0v) is 22.4. The van der Waals surface area contributed by atoms with E-state index < -0.39 is 0 Å². The molecular formula is C40H25N. The summed E-state index contributed by atoms with van der Waals surface area (Å²) < 4.78 is 2.43. The Hall–Kier alpha value is -5.40. The van der Waals surface area contributed by atoms with Crippen LogP contribution in [0.4, 0.5) is 0 Å². The Balaban J connectivity index is 1.38. The van der Waals surface area contributed by atoms with Gasteiger partial charge in [-0.15, -0.1) is 0 Å². The molecule has 0 atom stereocenters. The van der Waals surface area contributed by atoms with Crippen LogP contribution in [-0.4, -0.2) is 4.57 Å². The summed E-state index contributed by atoms with van der Waals surface area (Å²) in [6.07, 6.45) is 0. The van der Waals surface area contributed by atoms with Crippen LogP contribution >= 0.6 is 0 Å². The molecule has 0 unspecified atom stereocenters. The largest absolute Gasteiger partial charge is 0.309 e. The van der Waals surface area contributed by atoms with E-state index in [-0.39, 0.29) is 0 Å². The fraction of sp³-hybridized carbons (Fsp3) is 0.